The number of hydrogen-bond acceptors (Lipinski definition) is 3. The summed E-state index contributed by atoms with van der Waals surface area (Å²) in [7, 11) is 0. The smallest absolute Gasteiger partial charge is 0.226 e. The van der Waals surface area contributed by atoms with Gasteiger partial charge in [-0.1, -0.05) is 6.92 Å². The van der Waals surface area contributed by atoms with E-state index in [1.54, 1.807) is 0 Å². The molecule has 3 N–H and O–H groups in total. The van der Waals surface area contributed by atoms with Crippen molar-refractivity contribution in [2.75, 3.05) is 13.2 Å². The van der Waals surface area contributed by atoms with E-state index in [4.69, 9.17) is 10.5 Å². The summed E-state index contributed by atoms with van der Waals surface area (Å²) in [4.78, 5) is 12.1. The lowest BCUT2D eigenvalue weighted by Crippen LogP contribution is -2.50. The number of amides is 1. The maximum atomic E-state index is 12.1. The van der Waals surface area contributed by atoms with E-state index in [9.17, 15) is 4.79 Å². The van der Waals surface area contributed by atoms with Gasteiger partial charge in [-0.3, -0.25) is 4.79 Å². The first-order valence-electron chi connectivity index (χ1n) is 6.16. The molecule has 4 nitrogen and oxygen atoms in total. The van der Waals surface area contributed by atoms with Gasteiger partial charge in [-0.05, 0) is 39.7 Å². The van der Waals surface area contributed by atoms with Crippen LogP contribution in [0.4, 0.5) is 0 Å². The molecule has 0 bridgehead atoms. The molecule has 1 aliphatic heterocycles. The summed E-state index contributed by atoms with van der Waals surface area (Å²) in [5.41, 5.74) is 5.40. The molecular formula is C12H24N2O2. The highest BCUT2D eigenvalue weighted by Crippen LogP contribution is 2.22. The van der Waals surface area contributed by atoms with Crippen molar-refractivity contribution in [3.63, 3.8) is 0 Å². The summed E-state index contributed by atoms with van der Waals surface area (Å²) in [6, 6.07) is 0. The summed E-state index contributed by atoms with van der Waals surface area (Å²) >= 11 is 0. The largest absolute Gasteiger partial charge is 0.378 e. The average molecular weight is 228 g/mol. The van der Waals surface area contributed by atoms with E-state index < -0.39 is 0 Å². The second-order valence-electron chi connectivity index (χ2n) is 4.91. The van der Waals surface area contributed by atoms with Crippen LogP contribution in [0.15, 0.2) is 0 Å². The molecule has 94 valence electrons. The van der Waals surface area contributed by atoms with Crippen molar-refractivity contribution in [3.05, 3.63) is 0 Å². The summed E-state index contributed by atoms with van der Waals surface area (Å²) in [5.74, 6) is 0.117. The molecule has 1 heterocycles. The Bertz CT molecular complexity index is 245. The molecule has 16 heavy (non-hydrogen) atoms. The Kier molecular flexibility index (Phi) is 4.74. The molecular weight excluding hydrogens is 204 g/mol. The lowest BCUT2D eigenvalue weighted by atomic mass is 9.92. The second kappa shape index (κ2) is 5.64. The van der Waals surface area contributed by atoms with E-state index in [2.05, 4.69) is 19.2 Å². The molecule has 1 aliphatic rings. The Labute approximate surface area is 97.9 Å². The van der Waals surface area contributed by atoms with E-state index >= 15 is 0 Å². The van der Waals surface area contributed by atoms with Crippen molar-refractivity contribution < 1.29 is 9.53 Å². The van der Waals surface area contributed by atoms with Gasteiger partial charge in [-0.15, -0.1) is 0 Å². The molecule has 1 amide bonds. The minimum absolute atomic E-state index is 0.00338. The predicted molar refractivity (Wildman–Crippen MR) is 64.0 cm³/mol. The lowest BCUT2D eigenvalue weighted by Gasteiger charge is -2.31. The summed E-state index contributed by atoms with van der Waals surface area (Å²) in [6.45, 7) is 7.38. The third-order valence-corrected chi connectivity index (χ3v) is 3.61. The maximum absolute atomic E-state index is 12.1. The molecule has 0 aromatic carbocycles. The fraction of sp³-hybridized carbons (Fsp3) is 0.917. The van der Waals surface area contributed by atoms with E-state index in [1.165, 1.54) is 0 Å². The van der Waals surface area contributed by atoms with E-state index in [0.29, 0.717) is 13.2 Å². The highest BCUT2D eigenvalue weighted by molar-refractivity contribution is 5.80. The quantitative estimate of drug-likeness (QED) is 0.739. The third kappa shape index (κ3) is 3.19. The number of nitrogens with one attached hydrogen (secondary N) is 1. The van der Waals surface area contributed by atoms with Crippen molar-refractivity contribution in [3.8, 4) is 0 Å². The zero-order valence-corrected chi connectivity index (χ0v) is 10.6. The Morgan fingerprint density at radius 1 is 1.62 bits per heavy atom. The van der Waals surface area contributed by atoms with Gasteiger partial charge in [0.25, 0.3) is 0 Å². The van der Waals surface area contributed by atoms with E-state index in [-0.39, 0.29) is 23.5 Å². The second-order valence-corrected chi connectivity index (χ2v) is 4.91. The Morgan fingerprint density at radius 2 is 2.31 bits per heavy atom. The van der Waals surface area contributed by atoms with Gasteiger partial charge in [-0.25, -0.2) is 0 Å². The molecule has 1 saturated heterocycles. The van der Waals surface area contributed by atoms with Gasteiger partial charge in [0.05, 0.1) is 12.0 Å². The lowest BCUT2D eigenvalue weighted by molar-refractivity contribution is -0.128. The van der Waals surface area contributed by atoms with Crippen LogP contribution >= 0.6 is 0 Å². The summed E-state index contributed by atoms with van der Waals surface area (Å²) in [5, 5.41) is 3.12. The van der Waals surface area contributed by atoms with Crippen LogP contribution in [0.3, 0.4) is 0 Å². The van der Waals surface area contributed by atoms with Crippen LogP contribution in [0.5, 0.6) is 0 Å². The Hall–Kier alpha value is -0.610. The first-order chi connectivity index (χ1) is 7.52. The van der Waals surface area contributed by atoms with Crippen LogP contribution in [0.25, 0.3) is 0 Å². The molecule has 4 heteroatoms. The van der Waals surface area contributed by atoms with Crippen LogP contribution < -0.4 is 11.1 Å². The van der Waals surface area contributed by atoms with Crippen LogP contribution in [0, 0.1) is 5.92 Å². The number of hydrogen-bond donors (Lipinski definition) is 2. The van der Waals surface area contributed by atoms with Crippen LogP contribution in [0.1, 0.15) is 40.0 Å². The molecule has 1 rings (SSSR count). The molecule has 3 atom stereocenters. The highest BCUT2D eigenvalue weighted by atomic mass is 16.5. The monoisotopic (exact) mass is 228 g/mol. The molecule has 0 aliphatic carbocycles. The normalized spacial score (nSPS) is 28.8. The minimum Gasteiger partial charge on any atom is -0.378 e. The van der Waals surface area contributed by atoms with E-state index in [1.807, 2.05) is 6.92 Å². The van der Waals surface area contributed by atoms with Crippen LogP contribution in [0.2, 0.25) is 0 Å². The Balaban J connectivity index is 2.54. The van der Waals surface area contributed by atoms with Crippen molar-refractivity contribution in [1.82, 2.24) is 5.32 Å². The molecule has 1 fully saturated rings. The molecule has 0 saturated carbocycles. The topological polar surface area (TPSA) is 64.3 Å². The van der Waals surface area contributed by atoms with Crippen LogP contribution in [-0.4, -0.2) is 30.7 Å². The first-order valence-corrected chi connectivity index (χ1v) is 6.16. The number of carbonyl (C=O) groups excluding carboxylic acids is 1. The van der Waals surface area contributed by atoms with Gasteiger partial charge in [0.2, 0.25) is 5.91 Å². The number of carbonyl (C=O) groups is 1. The standard InChI is InChI=1S/C12H24N2O2/c1-4-12(3,6-7-13)14-11(15)10-5-8-16-9(10)2/h9-10H,4-8,13H2,1-3H3,(H,14,15). The molecule has 0 aromatic rings. The molecule has 3 unspecified atom stereocenters. The SMILES string of the molecule is CCC(C)(CCN)NC(=O)C1CCOC1C. The third-order valence-electron chi connectivity index (χ3n) is 3.61. The average Bonchev–Trinajstić information content (AvgIpc) is 2.65. The van der Waals surface area contributed by atoms with Crippen molar-refractivity contribution in [2.24, 2.45) is 11.7 Å². The Morgan fingerprint density at radius 3 is 2.75 bits per heavy atom. The highest BCUT2D eigenvalue weighted by Gasteiger charge is 2.34. The van der Waals surface area contributed by atoms with Crippen molar-refractivity contribution in [1.29, 1.82) is 0 Å². The number of rotatable bonds is 5. The zero-order chi connectivity index (χ0) is 12.2. The predicted octanol–water partition coefficient (Wildman–Crippen LogP) is 1.05. The van der Waals surface area contributed by atoms with Crippen molar-refractivity contribution >= 4 is 5.91 Å². The van der Waals surface area contributed by atoms with Gasteiger partial charge < -0.3 is 15.8 Å². The van der Waals surface area contributed by atoms with Gasteiger partial charge >= 0.3 is 0 Å². The number of nitrogens with two attached hydrogens (primary N) is 1. The molecule has 0 radical (unpaired) electrons. The fourth-order valence-corrected chi connectivity index (χ4v) is 2.11. The zero-order valence-electron chi connectivity index (χ0n) is 10.6. The van der Waals surface area contributed by atoms with Gasteiger partial charge in [0.15, 0.2) is 0 Å². The minimum atomic E-state index is -0.172. The fourth-order valence-electron chi connectivity index (χ4n) is 2.11. The van der Waals surface area contributed by atoms with Crippen molar-refractivity contribution in [2.45, 2.75) is 51.7 Å². The van der Waals surface area contributed by atoms with Crippen LogP contribution in [-0.2, 0) is 9.53 Å². The summed E-state index contributed by atoms with van der Waals surface area (Å²) < 4.78 is 5.41. The first kappa shape index (κ1) is 13.5. The number of ether oxygens (including phenoxy) is 1. The van der Waals surface area contributed by atoms with Gasteiger partial charge in [0.1, 0.15) is 0 Å². The van der Waals surface area contributed by atoms with E-state index in [0.717, 1.165) is 19.3 Å². The molecule has 0 spiro atoms. The molecule has 0 aromatic heterocycles. The summed E-state index contributed by atoms with van der Waals surface area (Å²) in [6.07, 6.45) is 2.59. The van der Waals surface area contributed by atoms with Gasteiger partial charge in [-0.2, -0.15) is 0 Å². The maximum Gasteiger partial charge on any atom is 0.226 e. The van der Waals surface area contributed by atoms with Gasteiger partial charge in [0, 0.05) is 12.1 Å².